The van der Waals surface area contributed by atoms with E-state index < -0.39 is 12.2 Å². The summed E-state index contributed by atoms with van der Waals surface area (Å²) in [6.45, 7) is 0.0766. The molecule has 0 amide bonds. The molecule has 0 aliphatic carbocycles. The Morgan fingerprint density at radius 3 is 2.54 bits per heavy atom. The highest BCUT2D eigenvalue weighted by atomic mass is 16.6. The van der Waals surface area contributed by atoms with Gasteiger partial charge in [-0.05, 0) is 41.5 Å². The minimum absolute atomic E-state index is 0.0766. The molecule has 2 heterocycles. The SMILES string of the molecule is COc1cccc(/C=C2\O[C@H]3C(=C(c4cccc(OC)c4)C2=O)OC[C@H]3O)c1. The van der Waals surface area contributed by atoms with E-state index in [0.717, 1.165) is 5.56 Å². The normalized spacial score (nSPS) is 22.5. The number of allylic oxidation sites excluding steroid dienone is 1. The third kappa shape index (κ3) is 3.23. The van der Waals surface area contributed by atoms with Crippen molar-refractivity contribution in [2.45, 2.75) is 12.2 Å². The molecule has 1 saturated heterocycles. The van der Waals surface area contributed by atoms with E-state index in [4.69, 9.17) is 18.9 Å². The van der Waals surface area contributed by atoms with Crippen molar-refractivity contribution < 1.29 is 28.8 Å². The van der Waals surface area contributed by atoms with E-state index in [9.17, 15) is 9.90 Å². The van der Waals surface area contributed by atoms with Crippen molar-refractivity contribution in [2.24, 2.45) is 0 Å². The van der Waals surface area contributed by atoms with Crippen LogP contribution in [0.2, 0.25) is 0 Å². The zero-order valence-corrected chi connectivity index (χ0v) is 15.5. The molecule has 0 aromatic heterocycles. The summed E-state index contributed by atoms with van der Waals surface area (Å²) in [5.74, 6) is 1.48. The fourth-order valence-electron chi connectivity index (χ4n) is 3.33. The highest BCUT2D eigenvalue weighted by molar-refractivity contribution is 6.30. The topological polar surface area (TPSA) is 74.2 Å². The molecule has 2 aromatic carbocycles. The average Bonchev–Trinajstić information content (AvgIpc) is 3.09. The molecule has 144 valence electrons. The van der Waals surface area contributed by atoms with Crippen LogP contribution in [0.5, 0.6) is 11.5 Å². The number of hydrogen-bond donors (Lipinski definition) is 1. The van der Waals surface area contributed by atoms with Gasteiger partial charge in [0.1, 0.15) is 24.2 Å². The summed E-state index contributed by atoms with van der Waals surface area (Å²) in [6, 6.07) is 14.5. The van der Waals surface area contributed by atoms with Crippen LogP contribution >= 0.6 is 0 Å². The first-order valence-electron chi connectivity index (χ1n) is 8.87. The lowest BCUT2D eigenvalue weighted by Gasteiger charge is -2.25. The molecule has 0 radical (unpaired) electrons. The van der Waals surface area contributed by atoms with Crippen LogP contribution in [0.4, 0.5) is 0 Å². The Bertz CT molecular complexity index is 974. The van der Waals surface area contributed by atoms with Gasteiger partial charge in [-0.3, -0.25) is 4.79 Å². The summed E-state index contributed by atoms with van der Waals surface area (Å²) in [7, 11) is 3.14. The van der Waals surface area contributed by atoms with E-state index in [-0.39, 0.29) is 18.1 Å². The van der Waals surface area contributed by atoms with Crippen molar-refractivity contribution in [2.75, 3.05) is 20.8 Å². The smallest absolute Gasteiger partial charge is 0.231 e. The first kappa shape index (κ1) is 18.1. The number of aliphatic hydroxyl groups excluding tert-OH is 1. The van der Waals surface area contributed by atoms with Crippen LogP contribution in [0, 0.1) is 0 Å². The van der Waals surface area contributed by atoms with Gasteiger partial charge in [0.2, 0.25) is 5.78 Å². The van der Waals surface area contributed by atoms with E-state index in [2.05, 4.69) is 0 Å². The second-order valence-corrected chi connectivity index (χ2v) is 6.50. The van der Waals surface area contributed by atoms with Gasteiger partial charge < -0.3 is 24.1 Å². The quantitative estimate of drug-likeness (QED) is 0.823. The first-order valence-corrected chi connectivity index (χ1v) is 8.87. The minimum Gasteiger partial charge on any atom is -0.497 e. The predicted octanol–water partition coefficient (Wildman–Crippen LogP) is 2.82. The van der Waals surface area contributed by atoms with Gasteiger partial charge in [-0.1, -0.05) is 24.3 Å². The summed E-state index contributed by atoms with van der Waals surface area (Å²) in [4.78, 5) is 13.2. The van der Waals surface area contributed by atoms with Gasteiger partial charge in [-0.2, -0.15) is 0 Å². The summed E-state index contributed by atoms with van der Waals surface area (Å²) in [5.41, 5.74) is 1.78. The van der Waals surface area contributed by atoms with Gasteiger partial charge in [-0.25, -0.2) is 0 Å². The fraction of sp³-hybridized carbons (Fsp3) is 0.227. The van der Waals surface area contributed by atoms with Gasteiger partial charge >= 0.3 is 0 Å². The molecule has 2 aliphatic rings. The lowest BCUT2D eigenvalue weighted by Crippen LogP contribution is -2.32. The largest absolute Gasteiger partial charge is 0.497 e. The Kier molecular flexibility index (Phi) is 4.79. The molecule has 6 nitrogen and oxygen atoms in total. The maximum absolute atomic E-state index is 13.2. The molecule has 0 spiro atoms. The number of ketones is 1. The van der Waals surface area contributed by atoms with Crippen LogP contribution in [0.1, 0.15) is 11.1 Å². The van der Waals surface area contributed by atoms with E-state index in [1.165, 1.54) is 0 Å². The number of carbonyl (C=O) groups is 1. The van der Waals surface area contributed by atoms with Gasteiger partial charge in [0.25, 0.3) is 0 Å². The maximum atomic E-state index is 13.2. The van der Waals surface area contributed by atoms with Crippen LogP contribution in [0.25, 0.3) is 11.6 Å². The van der Waals surface area contributed by atoms with Crippen LogP contribution < -0.4 is 9.47 Å². The summed E-state index contributed by atoms with van der Waals surface area (Å²) in [5, 5.41) is 10.3. The van der Waals surface area contributed by atoms with Gasteiger partial charge in [0.05, 0.1) is 19.8 Å². The lowest BCUT2D eigenvalue weighted by atomic mass is 9.93. The Labute approximate surface area is 162 Å². The molecule has 0 unspecified atom stereocenters. The van der Waals surface area contributed by atoms with Crippen molar-refractivity contribution >= 4 is 17.4 Å². The highest BCUT2D eigenvalue weighted by Crippen LogP contribution is 2.39. The average molecular weight is 380 g/mol. The number of carbonyl (C=O) groups excluding carboxylic acids is 1. The Balaban J connectivity index is 1.80. The van der Waals surface area contributed by atoms with Crippen LogP contribution in [0.3, 0.4) is 0 Å². The van der Waals surface area contributed by atoms with Crippen molar-refractivity contribution in [3.63, 3.8) is 0 Å². The van der Waals surface area contributed by atoms with E-state index in [0.29, 0.717) is 28.4 Å². The van der Waals surface area contributed by atoms with E-state index in [1.807, 2.05) is 24.3 Å². The number of rotatable bonds is 4. The van der Waals surface area contributed by atoms with E-state index in [1.54, 1.807) is 44.6 Å². The number of ether oxygens (including phenoxy) is 4. The van der Waals surface area contributed by atoms with Gasteiger partial charge in [0.15, 0.2) is 17.6 Å². The molecule has 1 N–H and O–H groups in total. The van der Waals surface area contributed by atoms with Crippen molar-refractivity contribution in [1.29, 1.82) is 0 Å². The highest BCUT2D eigenvalue weighted by Gasteiger charge is 2.44. The van der Waals surface area contributed by atoms with Crippen molar-refractivity contribution in [3.05, 3.63) is 71.2 Å². The number of hydrogen-bond acceptors (Lipinski definition) is 6. The number of fused-ring (bicyclic) bond motifs is 1. The molecular weight excluding hydrogens is 360 g/mol. The van der Waals surface area contributed by atoms with Crippen molar-refractivity contribution in [1.82, 2.24) is 0 Å². The zero-order valence-electron chi connectivity index (χ0n) is 15.5. The second-order valence-electron chi connectivity index (χ2n) is 6.50. The predicted molar refractivity (Wildman–Crippen MR) is 103 cm³/mol. The lowest BCUT2D eigenvalue weighted by molar-refractivity contribution is -0.116. The molecule has 0 bridgehead atoms. The van der Waals surface area contributed by atoms with E-state index >= 15 is 0 Å². The molecule has 4 rings (SSSR count). The Morgan fingerprint density at radius 2 is 1.79 bits per heavy atom. The number of aliphatic hydroxyl groups is 1. The molecule has 6 heteroatoms. The standard InChI is InChI=1S/C22H20O6/c1-25-15-7-3-5-13(9-15)10-18-20(24)19(14-6-4-8-16(11-14)26-2)22-21(28-18)17(23)12-27-22/h3-11,17,21,23H,12H2,1-2H3/b18-10-/t17-,21-/m1/s1. The first-order chi connectivity index (χ1) is 13.6. The molecule has 2 atom stereocenters. The fourth-order valence-corrected chi connectivity index (χ4v) is 3.33. The van der Waals surface area contributed by atoms with Crippen LogP contribution in [-0.4, -0.2) is 43.9 Å². The third-order valence-electron chi connectivity index (χ3n) is 4.72. The van der Waals surface area contributed by atoms with Crippen LogP contribution in [0.15, 0.2) is 60.0 Å². The van der Waals surface area contributed by atoms with Gasteiger partial charge in [0, 0.05) is 0 Å². The molecular formula is C22H20O6. The zero-order chi connectivity index (χ0) is 19.7. The minimum atomic E-state index is -0.850. The Hall–Kier alpha value is -3.25. The number of methoxy groups -OCH3 is 2. The molecule has 0 saturated carbocycles. The van der Waals surface area contributed by atoms with Crippen molar-refractivity contribution in [3.8, 4) is 11.5 Å². The summed E-state index contributed by atoms with van der Waals surface area (Å²) in [6.07, 6.45) is 0.0699. The number of benzene rings is 2. The molecule has 28 heavy (non-hydrogen) atoms. The molecule has 1 fully saturated rings. The maximum Gasteiger partial charge on any atom is 0.231 e. The monoisotopic (exact) mass is 380 g/mol. The second kappa shape index (κ2) is 7.40. The number of Topliss-reactive ketones (excluding diaryl/α,β-unsaturated/α-hetero) is 1. The summed E-state index contributed by atoms with van der Waals surface area (Å²) >= 11 is 0. The van der Waals surface area contributed by atoms with Crippen LogP contribution in [-0.2, 0) is 14.3 Å². The Morgan fingerprint density at radius 1 is 1.07 bits per heavy atom. The summed E-state index contributed by atoms with van der Waals surface area (Å²) < 4.78 is 22.0. The third-order valence-corrected chi connectivity index (χ3v) is 4.72. The molecule has 2 aliphatic heterocycles. The molecule has 2 aromatic rings. The van der Waals surface area contributed by atoms with Gasteiger partial charge in [-0.15, -0.1) is 0 Å².